The Hall–Kier alpha value is -3.48. The zero-order valence-corrected chi connectivity index (χ0v) is 15.1. The number of carboxylic acids is 1. The van der Waals surface area contributed by atoms with Crippen molar-refractivity contribution in [3.05, 3.63) is 95.1 Å². The van der Waals surface area contributed by atoms with Gasteiger partial charge in [-0.3, -0.25) is 0 Å². The molecule has 3 aromatic rings. The third-order valence-electron chi connectivity index (χ3n) is 4.07. The number of carboxylic acid groups (broad SMARTS) is 1. The van der Waals surface area contributed by atoms with Crippen LogP contribution in [-0.4, -0.2) is 5.97 Å². The molecule has 3 rings (SSSR count). The van der Waals surface area contributed by atoms with Crippen LogP contribution in [0, 0.1) is 0 Å². The average Bonchev–Trinajstić information content (AvgIpc) is 2.71. The monoisotopic (exact) mass is 401 g/mol. The molecule has 0 aliphatic carbocycles. The normalized spacial score (nSPS) is 11.1. The highest BCUT2D eigenvalue weighted by molar-refractivity contribution is 5.91. The van der Waals surface area contributed by atoms with E-state index in [4.69, 9.17) is 9.47 Å². The summed E-state index contributed by atoms with van der Waals surface area (Å²) in [5.41, 5.74) is -0.467. The number of alkyl halides is 3. The SMILES string of the molecule is O=C([O-])c1cc(C(F)(F)F)cc(OCc2ccccc2)c1OCc1ccccc1. The molecule has 0 fully saturated rings. The van der Waals surface area contributed by atoms with Gasteiger partial charge in [0.25, 0.3) is 0 Å². The second kappa shape index (κ2) is 8.68. The Kier molecular flexibility index (Phi) is 6.07. The quantitative estimate of drug-likeness (QED) is 0.595. The van der Waals surface area contributed by atoms with Gasteiger partial charge in [-0.2, -0.15) is 13.2 Å². The highest BCUT2D eigenvalue weighted by Crippen LogP contribution is 2.40. The first-order chi connectivity index (χ1) is 13.8. The number of rotatable bonds is 7. The van der Waals surface area contributed by atoms with Crippen LogP contribution in [0.5, 0.6) is 11.5 Å². The van der Waals surface area contributed by atoms with Gasteiger partial charge in [0.2, 0.25) is 0 Å². The van der Waals surface area contributed by atoms with E-state index in [1.165, 1.54) is 0 Å². The van der Waals surface area contributed by atoms with Crippen LogP contribution >= 0.6 is 0 Å². The average molecular weight is 401 g/mol. The van der Waals surface area contributed by atoms with Crippen molar-refractivity contribution >= 4 is 5.97 Å². The number of hydrogen-bond donors (Lipinski definition) is 0. The topological polar surface area (TPSA) is 58.6 Å². The van der Waals surface area contributed by atoms with Gasteiger partial charge in [-0.15, -0.1) is 0 Å². The summed E-state index contributed by atoms with van der Waals surface area (Å²) >= 11 is 0. The lowest BCUT2D eigenvalue weighted by atomic mass is 10.1. The van der Waals surface area contributed by atoms with Gasteiger partial charge in [0, 0.05) is 5.56 Å². The Morgan fingerprint density at radius 3 is 1.83 bits per heavy atom. The van der Waals surface area contributed by atoms with Crippen molar-refractivity contribution in [1.29, 1.82) is 0 Å². The third-order valence-corrected chi connectivity index (χ3v) is 4.07. The van der Waals surface area contributed by atoms with Crippen LogP contribution in [0.1, 0.15) is 27.0 Å². The van der Waals surface area contributed by atoms with Gasteiger partial charge in [-0.05, 0) is 23.3 Å². The molecule has 0 saturated heterocycles. The molecule has 0 aliphatic heterocycles. The highest BCUT2D eigenvalue weighted by atomic mass is 19.4. The van der Waals surface area contributed by atoms with E-state index in [1.807, 2.05) is 0 Å². The van der Waals surface area contributed by atoms with Gasteiger partial charge >= 0.3 is 6.18 Å². The summed E-state index contributed by atoms with van der Waals surface area (Å²) in [6.45, 7) is -0.107. The van der Waals surface area contributed by atoms with Crippen molar-refractivity contribution in [2.75, 3.05) is 0 Å². The van der Waals surface area contributed by atoms with Crippen molar-refractivity contribution in [1.82, 2.24) is 0 Å². The Morgan fingerprint density at radius 1 is 0.828 bits per heavy atom. The summed E-state index contributed by atoms with van der Waals surface area (Å²) < 4.78 is 50.8. The number of carbonyl (C=O) groups is 1. The largest absolute Gasteiger partial charge is 0.545 e. The van der Waals surface area contributed by atoms with Crippen molar-refractivity contribution in [2.24, 2.45) is 0 Å². The standard InChI is InChI=1S/C22H17F3O4/c23-22(24,25)17-11-18(21(26)27)20(29-14-16-9-5-2-6-10-16)19(12-17)28-13-15-7-3-1-4-8-15/h1-12H,13-14H2,(H,26,27)/p-1. The second-order valence-electron chi connectivity index (χ2n) is 6.18. The van der Waals surface area contributed by atoms with Gasteiger partial charge in [0.1, 0.15) is 13.2 Å². The molecule has 0 N–H and O–H groups in total. The third kappa shape index (κ3) is 5.28. The minimum atomic E-state index is -4.76. The van der Waals surface area contributed by atoms with E-state index in [-0.39, 0.29) is 24.7 Å². The molecule has 0 unspecified atom stereocenters. The van der Waals surface area contributed by atoms with Gasteiger partial charge in [0.15, 0.2) is 11.5 Å². The van der Waals surface area contributed by atoms with E-state index in [2.05, 4.69) is 0 Å². The van der Waals surface area contributed by atoms with Crippen LogP contribution < -0.4 is 14.6 Å². The van der Waals surface area contributed by atoms with Crippen LogP contribution in [0.4, 0.5) is 13.2 Å². The number of benzene rings is 3. The maximum Gasteiger partial charge on any atom is 0.416 e. The molecule has 0 radical (unpaired) electrons. The molecule has 3 aromatic carbocycles. The summed E-state index contributed by atoms with van der Waals surface area (Å²) in [4.78, 5) is 11.5. The maximum atomic E-state index is 13.2. The number of halogens is 3. The lowest BCUT2D eigenvalue weighted by Crippen LogP contribution is -2.24. The Balaban J connectivity index is 1.98. The number of carbonyl (C=O) groups excluding carboxylic acids is 1. The lowest BCUT2D eigenvalue weighted by Gasteiger charge is -2.20. The summed E-state index contributed by atoms with van der Waals surface area (Å²) in [7, 11) is 0. The van der Waals surface area contributed by atoms with E-state index < -0.39 is 23.3 Å². The van der Waals surface area contributed by atoms with E-state index in [0.717, 1.165) is 6.07 Å². The van der Waals surface area contributed by atoms with Gasteiger partial charge < -0.3 is 19.4 Å². The zero-order valence-electron chi connectivity index (χ0n) is 15.1. The Bertz CT molecular complexity index is 971. The first kappa shape index (κ1) is 20.3. The smallest absolute Gasteiger partial charge is 0.416 e. The molecule has 0 spiro atoms. The molecule has 7 heteroatoms. The molecular weight excluding hydrogens is 385 g/mol. The van der Waals surface area contributed by atoms with E-state index >= 15 is 0 Å². The van der Waals surface area contributed by atoms with Crippen LogP contribution in [0.15, 0.2) is 72.8 Å². The maximum absolute atomic E-state index is 13.2. The second-order valence-corrected chi connectivity index (χ2v) is 6.18. The van der Waals surface area contributed by atoms with Crippen molar-refractivity contribution in [3.63, 3.8) is 0 Å². The molecule has 0 amide bonds. The molecule has 150 valence electrons. The van der Waals surface area contributed by atoms with Crippen LogP contribution in [0.3, 0.4) is 0 Å². The molecule has 0 aromatic heterocycles. The molecular formula is C22H16F3O4-. The molecule has 0 bridgehead atoms. The van der Waals surface area contributed by atoms with Crippen molar-refractivity contribution < 1.29 is 32.5 Å². The first-order valence-electron chi connectivity index (χ1n) is 8.64. The Morgan fingerprint density at radius 2 is 1.34 bits per heavy atom. The summed E-state index contributed by atoms with van der Waals surface area (Å²) in [6.07, 6.45) is -4.76. The van der Waals surface area contributed by atoms with Gasteiger partial charge in [-0.25, -0.2) is 0 Å². The molecule has 0 saturated carbocycles. The van der Waals surface area contributed by atoms with Crippen LogP contribution in [-0.2, 0) is 19.4 Å². The minimum absolute atomic E-state index is 0.0474. The predicted molar refractivity (Wildman–Crippen MR) is 97.3 cm³/mol. The Labute approximate surface area is 165 Å². The van der Waals surface area contributed by atoms with Crippen molar-refractivity contribution in [3.8, 4) is 11.5 Å². The van der Waals surface area contributed by atoms with E-state index in [1.54, 1.807) is 60.7 Å². The number of aromatic carboxylic acids is 1. The summed E-state index contributed by atoms with van der Waals surface area (Å²) in [5, 5.41) is 11.5. The summed E-state index contributed by atoms with van der Waals surface area (Å²) in [6, 6.07) is 18.8. The first-order valence-corrected chi connectivity index (χ1v) is 8.64. The van der Waals surface area contributed by atoms with Crippen molar-refractivity contribution in [2.45, 2.75) is 19.4 Å². The zero-order chi connectivity index (χ0) is 20.9. The van der Waals surface area contributed by atoms with Crippen LogP contribution in [0.25, 0.3) is 0 Å². The fourth-order valence-electron chi connectivity index (χ4n) is 2.64. The van der Waals surface area contributed by atoms with Gasteiger partial charge in [0.05, 0.1) is 11.5 Å². The molecule has 0 heterocycles. The van der Waals surface area contributed by atoms with Crippen LogP contribution in [0.2, 0.25) is 0 Å². The number of ether oxygens (including phenoxy) is 2. The van der Waals surface area contributed by atoms with E-state index in [9.17, 15) is 23.1 Å². The molecule has 0 aliphatic rings. The number of hydrogen-bond acceptors (Lipinski definition) is 4. The fourth-order valence-corrected chi connectivity index (χ4v) is 2.64. The highest BCUT2D eigenvalue weighted by Gasteiger charge is 2.33. The van der Waals surface area contributed by atoms with Gasteiger partial charge in [-0.1, -0.05) is 60.7 Å². The predicted octanol–water partition coefficient (Wildman–Crippen LogP) is 4.23. The van der Waals surface area contributed by atoms with E-state index in [0.29, 0.717) is 17.2 Å². The fraction of sp³-hybridized carbons (Fsp3) is 0.136. The minimum Gasteiger partial charge on any atom is -0.545 e. The molecule has 4 nitrogen and oxygen atoms in total. The summed E-state index contributed by atoms with van der Waals surface area (Å²) in [5.74, 6) is -2.42. The molecule has 0 atom stereocenters. The molecule has 29 heavy (non-hydrogen) atoms. The lowest BCUT2D eigenvalue weighted by molar-refractivity contribution is -0.255.